The lowest BCUT2D eigenvalue weighted by atomic mass is 10.1. The van der Waals surface area contributed by atoms with Gasteiger partial charge in [-0.05, 0) is 89.4 Å². The molecule has 0 saturated heterocycles. The Kier molecular flexibility index (Phi) is 9.69. The Hall–Kier alpha value is -3.36. The quantitative estimate of drug-likeness (QED) is 0.345. The number of nitrogens with one attached hydrogen (secondary N) is 1. The van der Waals surface area contributed by atoms with Crippen LogP contribution in [0.4, 0.5) is 5.69 Å². The average molecular weight is 584 g/mol. The topological polar surface area (TPSA) is 86.8 Å². The summed E-state index contributed by atoms with van der Waals surface area (Å²) < 4.78 is 29.1. The zero-order chi connectivity index (χ0) is 29.8. The molecule has 0 bridgehead atoms. The highest BCUT2D eigenvalue weighted by Crippen LogP contribution is 2.31. The van der Waals surface area contributed by atoms with Gasteiger partial charge in [0.15, 0.2) is 0 Å². The molecule has 7 nitrogen and oxygen atoms in total. The van der Waals surface area contributed by atoms with Crippen molar-refractivity contribution >= 4 is 39.1 Å². The molecule has 1 atom stereocenters. The number of amides is 2. The minimum atomic E-state index is -4.17. The first-order chi connectivity index (χ1) is 18.6. The second-order valence-corrected chi connectivity index (χ2v) is 13.3. The number of hydrogen-bond donors (Lipinski definition) is 1. The summed E-state index contributed by atoms with van der Waals surface area (Å²) in [7, 11) is -4.17. The van der Waals surface area contributed by atoms with Crippen LogP contribution in [0.15, 0.2) is 71.6 Å². The van der Waals surface area contributed by atoms with Gasteiger partial charge in [-0.15, -0.1) is 0 Å². The maximum atomic E-state index is 14.1. The van der Waals surface area contributed by atoms with E-state index in [0.717, 1.165) is 21.0 Å². The third-order valence-corrected chi connectivity index (χ3v) is 8.85. The van der Waals surface area contributed by atoms with Gasteiger partial charge in [0.1, 0.15) is 12.6 Å². The van der Waals surface area contributed by atoms with Crippen LogP contribution >= 0.6 is 11.6 Å². The number of sulfonamides is 1. The van der Waals surface area contributed by atoms with Gasteiger partial charge in [0, 0.05) is 17.1 Å². The van der Waals surface area contributed by atoms with Gasteiger partial charge >= 0.3 is 0 Å². The zero-order valence-electron chi connectivity index (χ0n) is 24.2. The molecule has 9 heteroatoms. The van der Waals surface area contributed by atoms with Crippen LogP contribution in [0.5, 0.6) is 0 Å². The van der Waals surface area contributed by atoms with Gasteiger partial charge in [0.25, 0.3) is 10.0 Å². The maximum Gasteiger partial charge on any atom is 0.264 e. The molecule has 0 aliphatic rings. The number of anilines is 1. The SMILES string of the molecule is Cc1ccc(S(=O)(=O)N(CC(=O)N(Cc2ccccc2C)[C@H](C)C(=O)NC(C)(C)C)c2cccc(Cl)c2C)cc1. The number of rotatable bonds is 9. The summed E-state index contributed by atoms with van der Waals surface area (Å²) in [5, 5.41) is 3.31. The summed E-state index contributed by atoms with van der Waals surface area (Å²) in [6, 6.07) is 18.1. The van der Waals surface area contributed by atoms with Crippen LogP contribution < -0.4 is 9.62 Å². The van der Waals surface area contributed by atoms with E-state index in [1.165, 1.54) is 17.0 Å². The molecule has 0 aliphatic heterocycles. The predicted octanol–water partition coefficient (Wildman–Crippen LogP) is 5.79. The first-order valence-corrected chi connectivity index (χ1v) is 14.9. The van der Waals surface area contributed by atoms with E-state index in [4.69, 9.17) is 11.6 Å². The molecule has 3 aromatic carbocycles. The molecule has 2 amide bonds. The van der Waals surface area contributed by atoms with Crippen LogP contribution in [-0.2, 0) is 26.2 Å². The highest BCUT2D eigenvalue weighted by molar-refractivity contribution is 7.92. The normalized spacial score (nSPS) is 12.5. The van der Waals surface area contributed by atoms with Crippen molar-refractivity contribution in [1.82, 2.24) is 10.2 Å². The van der Waals surface area contributed by atoms with E-state index in [1.807, 2.05) is 58.9 Å². The third kappa shape index (κ3) is 7.43. The average Bonchev–Trinajstić information content (AvgIpc) is 2.87. The first kappa shape index (κ1) is 31.2. The third-order valence-electron chi connectivity index (χ3n) is 6.66. The molecular weight excluding hydrogens is 546 g/mol. The van der Waals surface area contributed by atoms with Crippen LogP contribution in [0.1, 0.15) is 49.9 Å². The minimum absolute atomic E-state index is 0.0502. The highest BCUT2D eigenvalue weighted by Gasteiger charge is 2.34. The lowest BCUT2D eigenvalue weighted by Gasteiger charge is -2.34. The number of carbonyl (C=O) groups excluding carboxylic acids is 2. The van der Waals surface area contributed by atoms with Crippen LogP contribution in [0.2, 0.25) is 5.02 Å². The van der Waals surface area contributed by atoms with Crippen molar-refractivity contribution in [3.63, 3.8) is 0 Å². The van der Waals surface area contributed by atoms with E-state index in [2.05, 4.69) is 5.32 Å². The Labute approximate surface area is 243 Å². The summed E-state index contributed by atoms with van der Waals surface area (Å²) in [6.07, 6.45) is 0. The lowest BCUT2D eigenvalue weighted by molar-refractivity contribution is -0.140. The highest BCUT2D eigenvalue weighted by atomic mass is 35.5. The molecule has 40 heavy (non-hydrogen) atoms. The van der Waals surface area contributed by atoms with Crippen LogP contribution in [0.3, 0.4) is 0 Å². The predicted molar refractivity (Wildman–Crippen MR) is 161 cm³/mol. The smallest absolute Gasteiger partial charge is 0.264 e. The van der Waals surface area contributed by atoms with Crippen molar-refractivity contribution < 1.29 is 18.0 Å². The van der Waals surface area contributed by atoms with Gasteiger partial charge in [-0.1, -0.05) is 59.6 Å². The Balaban J connectivity index is 2.09. The van der Waals surface area contributed by atoms with E-state index < -0.39 is 34.1 Å². The van der Waals surface area contributed by atoms with Crippen molar-refractivity contribution in [2.24, 2.45) is 0 Å². The molecule has 0 saturated carbocycles. The largest absolute Gasteiger partial charge is 0.350 e. The van der Waals surface area contributed by atoms with Crippen molar-refractivity contribution in [2.45, 2.75) is 71.5 Å². The second kappa shape index (κ2) is 12.4. The molecule has 1 N–H and O–H groups in total. The van der Waals surface area contributed by atoms with Gasteiger partial charge in [-0.25, -0.2) is 8.42 Å². The fraction of sp³-hybridized carbons (Fsp3) is 0.355. The summed E-state index contributed by atoms with van der Waals surface area (Å²) >= 11 is 6.38. The van der Waals surface area contributed by atoms with E-state index >= 15 is 0 Å². The molecule has 0 aromatic heterocycles. The van der Waals surface area contributed by atoms with Gasteiger partial charge < -0.3 is 10.2 Å². The Morgan fingerprint density at radius 2 is 1.55 bits per heavy atom. The van der Waals surface area contributed by atoms with E-state index in [1.54, 1.807) is 44.2 Å². The van der Waals surface area contributed by atoms with Gasteiger partial charge in [0.2, 0.25) is 11.8 Å². The number of carbonyl (C=O) groups is 2. The van der Waals surface area contributed by atoms with Crippen LogP contribution in [0.25, 0.3) is 0 Å². The van der Waals surface area contributed by atoms with E-state index in [0.29, 0.717) is 16.3 Å². The van der Waals surface area contributed by atoms with Crippen molar-refractivity contribution in [2.75, 3.05) is 10.8 Å². The molecular formula is C31H38ClN3O4S. The molecule has 0 radical (unpaired) electrons. The Morgan fingerprint density at radius 3 is 2.15 bits per heavy atom. The molecule has 0 aliphatic carbocycles. The summed E-state index contributed by atoms with van der Waals surface area (Å²) in [4.78, 5) is 28.8. The molecule has 214 valence electrons. The molecule has 0 fully saturated rings. The molecule has 3 aromatic rings. The van der Waals surface area contributed by atoms with Gasteiger partial charge in [0.05, 0.1) is 10.6 Å². The van der Waals surface area contributed by atoms with Crippen LogP contribution in [-0.4, -0.2) is 43.3 Å². The number of hydrogen-bond acceptors (Lipinski definition) is 4. The molecule has 0 spiro atoms. The molecule has 0 heterocycles. The van der Waals surface area contributed by atoms with Crippen molar-refractivity contribution in [1.29, 1.82) is 0 Å². The number of benzene rings is 3. The fourth-order valence-electron chi connectivity index (χ4n) is 4.24. The Bertz CT molecular complexity index is 1480. The monoisotopic (exact) mass is 583 g/mol. The summed E-state index contributed by atoms with van der Waals surface area (Å²) in [5.41, 5.74) is 3.03. The van der Waals surface area contributed by atoms with E-state index in [9.17, 15) is 18.0 Å². The maximum absolute atomic E-state index is 14.1. The molecule has 0 unspecified atom stereocenters. The van der Waals surface area contributed by atoms with E-state index in [-0.39, 0.29) is 17.3 Å². The molecule has 3 rings (SSSR count). The Morgan fingerprint density at radius 1 is 0.925 bits per heavy atom. The number of halogens is 1. The lowest BCUT2D eigenvalue weighted by Crippen LogP contribution is -2.54. The van der Waals surface area contributed by atoms with Crippen molar-refractivity contribution in [3.8, 4) is 0 Å². The number of nitrogens with zero attached hydrogens (tertiary/aromatic N) is 2. The number of aryl methyl sites for hydroxylation is 2. The van der Waals surface area contributed by atoms with Gasteiger partial charge in [-0.2, -0.15) is 0 Å². The summed E-state index contributed by atoms with van der Waals surface area (Å²) in [5.74, 6) is -0.851. The van der Waals surface area contributed by atoms with Gasteiger partial charge in [-0.3, -0.25) is 13.9 Å². The van der Waals surface area contributed by atoms with Crippen LogP contribution in [0, 0.1) is 20.8 Å². The minimum Gasteiger partial charge on any atom is -0.350 e. The zero-order valence-corrected chi connectivity index (χ0v) is 25.7. The first-order valence-electron chi connectivity index (χ1n) is 13.1. The standard InChI is InChI=1S/C31H38ClN3O4S/c1-21-15-17-26(18-16-21)40(38,39)35(28-14-10-13-27(32)23(28)3)20-29(36)34(19-25-12-9-8-11-22(25)2)24(4)30(37)33-31(5,6)7/h8-18,24H,19-20H2,1-7H3,(H,33,37)/t24-/m1/s1. The fourth-order valence-corrected chi connectivity index (χ4v) is 5.89. The van der Waals surface area contributed by atoms with Crippen molar-refractivity contribution in [3.05, 3.63) is 94.0 Å². The summed E-state index contributed by atoms with van der Waals surface area (Å²) in [6.45, 7) is 12.4. The second-order valence-electron chi connectivity index (χ2n) is 11.1.